The number of methoxy groups -OCH3 is 1. The van der Waals surface area contributed by atoms with E-state index in [1.165, 1.54) is 4.90 Å². The minimum Gasteiger partial charge on any atom is -0.497 e. The zero-order chi connectivity index (χ0) is 19.0. The molecule has 0 fully saturated rings. The summed E-state index contributed by atoms with van der Waals surface area (Å²) in [6.07, 6.45) is 0. The van der Waals surface area contributed by atoms with Gasteiger partial charge in [-0.3, -0.25) is 14.5 Å². The fourth-order valence-corrected chi connectivity index (χ4v) is 2.43. The Morgan fingerprint density at radius 3 is 2.40 bits per heavy atom. The number of benzene rings is 1. The molecular formula is C19H31N3O3. The van der Waals surface area contributed by atoms with Crippen LogP contribution in [0.25, 0.3) is 0 Å². The minimum atomic E-state index is -0.232. The molecule has 0 unspecified atom stereocenters. The molecule has 0 saturated carbocycles. The predicted molar refractivity (Wildman–Crippen MR) is 101 cm³/mol. The molecule has 1 aromatic carbocycles. The third-order valence-corrected chi connectivity index (χ3v) is 3.83. The lowest BCUT2D eigenvalue weighted by Crippen LogP contribution is -2.45. The summed E-state index contributed by atoms with van der Waals surface area (Å²) in [5.41, 5.74) is 0.647. The van der Waals surface area contributed by atoms with Crippen molar-refractivity contribution in [1.82, 2.24) is 9.80 Å². The SMILES string of the molecule is COc1cccc(NC(=O)CN(C)C(=O)CN(CC(C)C)C(C)C)c1. The van der Waals surface area contributed by atoms with Crippen LogP contribution in [0.3, 0.4) is 0 Å². The number of nitrogens with zero attached hydrogens (tertiary/aromatic N) is 2. The van der Waals surface area contributed by atoms with Crippen LogP contribution in [0.5, 0.6) is 5.75 Å². The van der Waals surface area contributed by atoms with E-state index in [2.05, 4.69) is 37.9 Å². The second kappa shape index (κ2) is 10.0. The number of carbonyl (C=O) groups excluding carboxylic acids is 2. The van der Waals surface area contributed by atoms with Crippen LogP contribution in [-0.4, -0.2) is 61.4 Å². The van der Waals surface area contributed by atoms with Gasteiger partial charge < -0.3 is 15.0 Å². The first kappa shape index (κ1) is 21.0. The number of hydrogen-bond acceptors (Lipinski definition) is 4. The molecule has 0 bridgehead atoms. The van der Waals surface area contributed by atoms with Crippen LogP contribution < -0.4 is 10.1 Å². The Balaban J connectivity index is 2.56. The Labute approximate surface area is 151 Å². The van der Waals surface area contributed by atoms with Gasteiger partial charge in [-0.05, 0) is 31.9 Å². The monoisotopic (exact) mass is 349 g/mol. The van der Waals surface area contributed by atoms with Crippen LogP contribution in [0.2, 0.25) is 0 Å². The van der Waals surface area contributed by atoms with Gasteiger partial charge in [0.25, 0.3) is 0 Å². The van der Waals surface area contributed by atoms with Crippen molar-refractivity contribution < 1.29 is 14.3 Å². The summed E-state index contributed by atoms with van der Waals surface area (Å²) in [6, 6.07) is 7.41. The predicted octanol–water partition coefficient (Wildman–Crippen LogP) is 2.46. The maximum Gasteiger partial charge on any atom is 0.243 e. The van der Waals surface area contributed by atoms with Gasteiger partial charge in [0, 0.05) is 31.4 Å². The zero-order valence-corrected chi connectivity index (χ0v) is 16.2. The smallest absolute Gasteiger partial charge is 0.243 e. The van der Waals surface area contributed by atoms with Crippen molar-refractivity contribution in [3.8, 4) is 5.75 Å². The van der Waals surface area contributed by atoms with Gasteiger partial charge in [0.05, 0.1) is 20.2 Å². The van der Waals surface area contributed by atoms with E-state index in [0.717, 1.165) is 6.54 Å². The van der Waals surface area contributed by atoms with Gasteiger partial charge >= 0.3 is 0 Å². The van der Waals surface area contributed by atoms with E-state index >= 15 is 0 Å². The van der Waals surface area contributed by atoms with Gasteiger partial charge in [0.1, 0.15) is 5.75 Å². The molecule has 0 aromatic heterocycles. The van der Waals surface area contributed by atoms with E-state index in [0.29, 0.717) is 23.9 Å². The third kappa shape index (κ3) is 7.56. The molecule has 0 radical (unpaired) electrons. The molecule has 140 valence electrons. The Bertz CT molecular complexity index is 573. The first-order valence-electron chi connectivity index (χ1n) is 8.64. The Morgan fingerprint density at radius 2 is 1.84 bits per heavy atom. The van der Waals surface area contributed by atoms with E-state index < -0.39 is 0 Å². The molecule has 6 nitrogen and oxygen atoms in total. The first-order valence-corrected chi connectivity index (χ1v) is 8.64. The summed E-state index contributed by atoms with van der Waals surface area (Å²) in [7, 11) is 3.23. The Morgan fingerprint density at radius 1 is 1.16 bits per heavy atom. The number of rotatable bonds is 9. The summed E-state index contributed by atoms with van der Waals surface area (Å²) in [5.74, 6) is 0.861. The molecule has 2 amide bonds. The highest BCUT2D eigenvalue weighted by Crippen LogP contribution is 2.16. The van der Waals surface area contributed by atoms with E-state index in [4.69, 9.17) is 4.74 Å². The highest BCUT2D eigenvalue weighted by atomic mass is 16.5. The molecule has 0 heterocycles. The van der Waals surface area contributed by atoms with Gasteiger partial charge in [0.15, 0.2) is 0 Å². The quantitative estimate of drug-likeness (QED) is 0.744. The van der Waals surface area contributed by atoms with Gasteiger partial charge in [-0.2, -0.15) is 0 Å². The lowest BCUT2D eigenvalue weighted by atomic mass is 10.2. The third-order valence-electron chi connectivity index (χ3n) is 3.83. The number of hydrogen-bond donors (Lipinski definition) is 1. The highest BCUT2D eigenvalue weighted by molar-refractivity contribution is 5.94. The summed E-state index contributed by atoms with van der Waals surface area (Å²) in [5, 5.41) is 2.78. The molecule has 0 atom stereocenters. The van der Waals surface area contributed by atoms with Crippen LogP contribution >= 0.6 is 0 Å². The lowest BCUT2D eigenvalue weighted by molar-refractivity contribution is -0.134. The van der Waals surface area contributed by atoms with Gasteiger partial charge in [-0.1, -0.05) is 19.9 Å². The summed E-state index contributed by atoms with van der Waals surface area (Å²) in [6.45, 7) is 9.60. The maximum atomic E-state index is 12.4. The van der Waals surface area contributed by atoms with Gasteiger partial charge in [0.2, 0.25) is 11.8 Å². The van der Waals surface area contributed by atoms with Crippen molar-refractivity contribution in [2.24, 2.45) is 5.92 Å². The van der Waals surface area contributed by atoms with Crippen molar-refractivity contribution in [1.29, 1.82) is 0 Å². The molecular weight excluding hydrogens is 318 g/mol. The number of ether oxygens (including phenoxy) is 1. The number of amides is 2. The van der Waals surface area contributed by atoms with E-state index in [-0.39, 0.29) is 24.4 Å². The second-order valence-corrected chi connectivity index (χ2v) is 6.95. The highest BCUT2D eigenvalue weighted by Gasteiger charge is 2.19. The fourth-order valence-electron chi connectivity index (χ4n) is 2.43. The molecule has 1 aromatic rings. The van der Waals surface area contributed by atoms with Crippen LogP contribution in [0.15, 0.2) is 24.3 Å². The average Bonchev–Trinajstić information content (AvgIpc) is 2.53. The van der Waals surface area contributed by atoms with Crippen LogP contribution in [0.4, 0.5) is 5.69 Å². The molecule has 0 spiro atoms. The topological polar surface area (TPSA) is 61.9 Å². The molecule has 0 saturated heterocycles. The molecule has 25 heavy (non-hydrogen) atoms. The largest absolute Gasteiger partial charge is 0.497 e. The summed E-state index contributed by atoms with van der Waals surface area (Å²) in [4.78, 5) is 28.2. The molecule has 0 aliphatic carbocycles. The molecule has 0 aliphatic heterocycles. The Kier molecular flexibility index (Phi) is 8.41. The van der Waals surface area contributed by atoms with Gasteiger partial charge in [-0.25, -0.2) is 0 Å². The maximum absolute atomic E-state index is 12.4. The van der Waals surface area contributed by atoms with Crippen molar-refractivity contribution in [2.75, 3.05) is 39.1 Å². The standard InChI is InChI=1S/C19H31N3O3/c1-14(2)11-22(15(3)4)13-19(24)21(5)12-18(23)20-16-8-7-9-17(10-16)25-6/h7-10,14-15H,11-13H2,1-6H3,(H,20,23). The minimum absolute atomic E-state index is 0.0175. The number of likely N-dealkylation sites (N-methyl/N-ethyl adjacent to an activating group) is 1. The van der Waals surface area contributed by atoms with E-state index in [1.54, 1.807) is 38.4 Å². The van der Waals surface area contributed by atoms with E-state index in [9.17, 15) is 9.59 Å². The number of nitrogens with one attached hydrogen (secondary N) is 1. The van der Waals surface area contributed by atoms with Gasteiger partial charge in [-0.15, -0.1) is 0 Å². The van der Waals surface area contributed by atoms with E-state index in [1.807, 2.05) is 0 Å². The second-order valence-electron chi connectivity index (χ2n) is 6.95. The summed E-state index contributed by atoms with van der Waals surface area (Å²) < 4.78 is 5.13. The zero-order valence-electron chi connectivity index (χ0n) is 16.2. The van der Waals surface area contributed by atoms with Crippen molar-refractivity contribution in [3.05, 3.63) is 24.3 Å². The lowest BCUT2D eigenvalue weighted by Gasteiger charge is -2.29. The molecule has 6 heteroatoms. The Hall–Kier alpha value is -2.08. The van der Waals surface area contributed by atoms with Crippen LogP contribution in [0.1, 0.15) is 27.7 Å². The van der Waals surface area contributed by atoms with Crippen LogP contribution in [-0.2, 0) is 9.59 Å². The number of carbonyl (C=O) groups is 2. The normalized spacial score (nSPS) is 11.1. The van der Waals surface area contributed by atoms with Crippen molar-refractivity contribution in [2.45, 2.75) is 33.7 Å². The van der Waals surface area contributed by atoms with Crippen molar-refractivity contribution >= 4 is 17.5 Å². The summed E-state index contributed by atoms with van der Waals surface area (Å²) >= 11 is 0. The molecule has 1 rings (SSSR count). The van der Waals surface area contributed by atoms with Crippen molar-refractivity contribution in [3.63, 3.8) is 0 Å². The number of anilines is 1. The molecule has 0 aliphatic rings. The fraction of sp³-hybridized carbons (Fsp3) is 0.579. The average molecular weight is 349 g/mol. The first-order chi connectivity index (χ1) is 11.7. The van der Waals surface area contributed by atoms with Crippen LogP contribution in [0, 0.1) is 5.92 Å². The molecule has 1 N–H and O–H groups in total.